The second kappa shape index (κ2) is 7.90. The zero-order valence-electron chi connectivity index (χ0n) is 19.9. The Hall–Kier alpha value is -3.23. The molecule has 0 saturated carbocycles. The van der Waals surface area contributed by atoms with Crippen molar-refractivity contribution in [3.05, 3.63) is 48.5 Å². The van der Waals surface area contributed by atoms with E-state index in [0.29, 0.717) is 35.6 Å². The average Bonchev–Trinajstić information content (AvgIpc) is 3.63. The quantitative estimate of drug-likeness (QED) is 0.330. The minimum Gasteiger partial charge on any atom is -0.452 e. The number of hydrogen-bond acceptors (Lipinski definition) is 7. The van der Waals surface area contributed by atoms with Crippen LogP contribution in [-0.2, 0) is 0 Å². The monoisotopic (exact) mass is 484 g/mol. The molecule has 0 radical (unpaired) electrons. The smallest absolute Gasteiger partial charge is 0.177 e. The highest BCUT2D eigenvalue weighted by molar-refractivity contribution is 7.17. The van der Waals surface area contributed by atoms with Crippen LogP contribution < -0.4 is 5.73 Å². The predicted molar refractivity (Wildman–Crippen MR) is 140 cm³/mol. The van der Waals surface area contributed by atoms with Crippen LogP contribution in [0.4, 0.5) is 5.82 Å². The lowest BCUT2D eigenvalue weighted by molar-refractivity contribution is 0.0731. The highest BCUT2D eigenvalue weighted by Crippen LogP contribution is 2.43. The van der Waals surface area contributed by atoms with Crippen LogP contribution in [-0.4, -0.2) is 42.8 Å². The lowest BCUT2D eigenvalue weighted by Crippen LogP contribution is -2.47. The fourth-order valence-corrected chi connectivity index (χ4v) is 7.31. The van der Waals surface area contributed by atoms with E-state index >= 15 is 0 Å². The SMILES string of the molecule is CC(C)N1[C@@H]2CC[C@H]1CC(n1cc(-c3cnc(N)c4oc(-c5csc6cnccc56)cc34)cn1)C2. The lowest BCUT2D eigenvalue weighted by atomic mass is 9.96. The van der Waals surface area contributed by atoms with Gasteiger partial charge in [0, 0.05) is 75.8 Å². The number of piperidine rings is 1. The van der Waals surface area contributed by atoms with Gasteiger partial charge >= 0.3 is 0 Å². The molecule has 0 aromatic carbocycles. The van der Waals surface area contributed by atoms with Crippen molar-refractivity contribution in [1.82, 2.24) is 24.6 Å². The second-order valence-corrected chi connectivity index (χ2v) is 11.1. The summed E-state index contributed by atoms with van der Waals surface area (Å²) in [6.45, 7) is 4.65. The van der Waals surface area contributed by atoms with E-state index in [0.717, 1.165) is 37.9 Å². The van der Waals surface area contributed by atoms with Crippen molar-refractivity contribution < 1.29 is 4.42 Å². The van der Waals surface area contributed by atoms with Gasteiger partial charge in [-0.3, -0.25) is 14.6 Å². The first-order valence-corrected chi connectivity index (χ1v) is 13.3. The van der Waals surface area contributed by atoms with Gasteiger partial charge in [-0.15, -0.1) is 11.3 Å². The molecule has 2 aliphatic rings. The van der Waals surface area contributed by atoms with E-state index in [1.54, 1.807) is 11.3 Å². The fraction of sp³-hybridized carbons (Fsp3) is 0.370. The van der Waals surface area contributed by atoms with Gasteiger partial charge in [0.05, 0.1) is 16.9 Å². The van der Waals surface area contributed by atoms with Gasteiger partial charge in [-0.25, -0.2) is 4.98 Å². The van der Waals surface area contributed by atoms with Gasteiger partial charge in [-0.1, -0.05) is 0 Å². The van der Waals surface area contributed by atoms with Crippen LogP contribution in [0.5, 0.6) is 0 Å². The first-order valence-electron chi connectivity index (χ1n) is 12.4. The number of nitrogen functional groups attached to an aromatic ring is 1. The number of nitrogens with zero attached hydrogens (tertiary/aromatic N) is 5. The third-order valence-corrected chi connectivity index (χ3v) is 8.81. The van der Waals surface area contributed by atoms with Gasteiger partial charge in [0.25, 0.3) is 0 Å². The van der Waals surface area contributed by atoms with Gasteiger partial charge in [0.15, 0.2) is 11.4 Å². The Morgan fingerprint density at radius 2 is 1.89 bits per heavy atom. The van der Waals surface area contributed by atoms with Crippen molar-refractivity contribution in [2.24, 2.45) is 0 Å². The normalized spacial score (nSPS) is 22.7. The van der Waals surface area contributed by atoms with E-state index in [9.17, 15) is 0 Å². The highest BCUT2D eigenvalue weighted by Gasteiger charge is 2.42. The summed E-state index contributed by atoms with van der Waals surface area (Å²) in [4.78, 5) is 11.4. The minimum absolute atomic E-state index is 0.404. The maximum Gasteiger partial charge on any atom is 0.177 e. The Morgan fingerprint density at radius 1 is 1.06 bits per heavy atom. The molecular weight excluding hydrogens is 456 g/mol. The van der Waals surface area contributed by atoms with Crippen molar-refractivity contribution >= 4 is 38.2 Å². The number of hydrogen-bond donors (Lipinski definition) is 1. The highest BCUT2D eigenvalue weighted by atomic mass is 32.1. The molecule has 5 aromatic rings. The van der Waals surface area contributed by atoms with Crippen molar-refractivity contribution in [3.8, 4) is 22.5 Å². The number of thiophene rings is 1. The van der Waals surface area contributed by atoms with E-state index in [-0.39, 0.29) is 0 Å². The minimum atomic E-state index is 0.404. The Morgan fingerprint density at radius 3 is 2.69 bits per heavy atom. The summed E-state index contributed by atoms with van der Waals surface area (Å²) >= 11 is 1.66. The Labute approximate surface area is 207 Å². The van der Waals surface area contributed by atoms with Crippen LogP contribution in [0.15, 0.2) is 52.9 Å². The standard InChI is InChI=1S/C27H28N6OS/c1-15(2)33-17-3-4-18(33)8-19(7-17)32-13-16(10-31-32)22-11-30-27(28)26-21(22)9-24(34-26)23-14-35-25-12-29-6-5-20(23)25/h5-6,9-15,17-19H,3-4,7-8H2,1-2H3,(H2,28,30)/t17-,18+,19?. The molecule has 35 heavy (non-hydrogen) atoms. The number of fused-ring (bicyclic) bond motifs is 4. The Kier molecular flexibility index (Phi) is 4.76. The topological polar surface area (TPSA) is 86.0 Å². The van der Waals surface area contributed by atoms with Crippen LogP contribution in [0.1, 0.15) is 45.6 Å². The van der Waals surface area contributed by atoms with Crippen LogP contribution >= 0.6 is 11.3 Å². The van der Waals surface area contributed by atoms with Gasteiger partial charge in [-0.2, -0.15) is 5.10 Å². The molecule has 7 nitrogen and oxygen atoms in total. The predicted octanol–water partition coefficient (Wildman–Crippen LogP) is 6.13. The van der Waals surface area contributed by atoms with E-state index in [2.05, 4.69) is 51.0 Å². The van der Waals surface area contributed by atoms with Crippen LogP contribution in [0.25, 0.3) is 43.5 Å². The molecule has 0 spiro atoms. The van der Waals surface area contributed by atoms with Crippen molar-refractivity contribution in [2.45, 2.75) is 63.7 Å². The van der Waals surface area contributed by atoms with E-state index in [1.807, 2.05) is 30.9 Å². The number of furan rings is 1. The first-order chi connectivity index (χ1) is 17.1. The third-order valence-electron chi connectivity index (χ3n) is 7.88. The average molecular weight is 485 g/mol. The number of aromatic nitrogens is 4. The molecule has 7 rings (SSSR count). The van der Waals surface area contributed by atoms with Crippen molar-refractivity contribution in [3.63, 3.8) is 0 Å². The molecule has 0 amide bonds. The van der Waals surface area contributed by atoms with Gasteiger partial charge in [0.1, 0.15) is 5.76 Å². The summed E-state index contributed by atoms with van der Waals surface area (Å²) in [5.74, 6) is 1.20. The molecule has 2 fully saturated rings. The van der Waals surface area contributed by atoms with Gasteiger partial charge in [-0.05, 0) is 51.7 Å². The van der Waals surface area contributed by atoms with E-state index < -0.39 is 0 Å². The zero-order valence-corrected chi connectivity index (χ0v) is 20.7. The molecular formula is C27H28N6OS. The maximum absolute atomic E-state index is 6.27. The Bertz CT molecular complexity index is 1530. The van der Waals surface area contributed by atoms with Crippen LogP contribution in [0.2, 0.25) is 0 Å². The molecule has 2 saturated heterocycles. The number of nitrogens with two attached hydrogens (primary N) is 1. The summed E-state index contributed by atoms with van der Waals surface area (Å²) in [6, 6.07) is 6.51. The molecule has 0 aliphatic carbocycles. The molecule has 5 aromatic heterocycles. The zero-order chi connectivity index (χ0) is 23.7. The fourth-order valence-electron chi connectivity index (χ4n) is 6.40. The third kappa shape index (κ3) is 3.31. The summed E-state index contributed by atoms with van der Waals surface area (Å²) in [7, 11) is 0. The molecule has 2 bridgehead atoms. The Balaban J connectivity index is 1.25. The van der Waals surface area contributed by atoms with Crippen LogP contribution in [0, 0.1) is 0 Å². The molecule has 7 heterocycles. The van der Waals surface area contributed by atoms with Gasteiger partial charge < -0.3 is 10.2 Å². The molecule has 2 N–H and O–H groups in total. The van der Waals surface area contributed by atoms with E-state index in [1.165, 1.54) is 25.7 Å². The maximum atomic E-state index is 6.27. The lowest BCUT2D eigenvalue weighted by Gasteiger charge is -2.41. The molecule has 3 atom stereocenters. The van der Waals surface area contributed by atoms with Crippen LogP contribution in [0.3, 0.4) is 0 Å². The van der Waals surface area contributed by atoms with Crippen molar-refractivity contribution in [1.29, 1.82) is 0 Å². The number of rotatable bonds is 4. The summed E-state index contributed by atoms with van der Waals surface area (Å²) in [5.41, 5.74) is 9.97. The molecule has 8 heteroatoms. The van der Waals surface area contributed by atoms with E-state index in [4.69, 9.17) is 15.2 Å². The summed E-state index contributed by atoms with van der Waals surface area (Å²) in [5, 5.41) is 9.03. The number of pyridine rings is 2. The summed E-state index contributed by atoms with van der Waals surface area (Å²) < 4.78 is 9.59. The number of anilines is 1. The molecule has 178 valence electrons. The first kappa shape index (κ1) is 21.1. The largest absolute Gasteiger partial charge is 0.452 e. The molecule has 1 unspecified atom stereocenters. The van der Waals surface area contributed by atoms with Gasteiger partial charge in [0.2, 0.25) is 0 Å². The summed E-state index contributed by atoms with van der Waals surface area (Å²) in [6.07, 6.45) is 14.6. The second-order valence-electron chi connectivity index (χ2n) is 10.2. The van der Waals surface area contributed by atoms with Crippen molar-refractivity contribution in [2.75, 3.05) is 5.73 Å². The molecule has 2 aliphatic heterocycles.